The molecule has 0 spiro atoms. The van der Waals surface area contributed by atoms with Crippen molar-refractivity contribution in [2.75, 3.05) is 19.6 Å². The van der Waals surface area contributed by atoms with E-state index in [1.54, 1.807) is 4.90 Å². The number of hydrogen-bond acceptors (Lipinski definition) is 3. The molecule has 8 heteroatoms. The van der Waals surface area contributed by atoms with Crippen molar-refractivity contribution >= 4 is 11.8 Å². The molecule has 1 aliphatic heterocycles. The summed E-state index contributed by atoms with van der Waals surface area (Å²) in [5.41, 5.74) is 0.597. The SMILES string of the molecule is CCNC(=O)C1CCCN(C(=O)Cc2ccc(OC(F)(F)F)cc2)C1. The summed E-state index contributed by atoms with van der Waals surface area (Å²) in [6.45, 7) is 3.36. The Kier molecular flexibility index (Phi) is 6.27. The summed E-state index contributed by atoms with van der Waals surface area (Å²) in [5.74, 6) is -0.717. The number of alkyl halides is 3. The molecule has 5 nitrogen and oxygen atoms in total. The summed E-state index contributed by atoms with van der Waals surface area (Å²) in [4.78, 5) is 26.0. The predicted octanol–water partition coefficient (Wildman–Crippen LogP) is 2.50. The number of carbonyl (C=O) groups excluding carboxylic acids is 2. The number of carbonyl (C=O) groups is 2. The number of rotatable bonds is 5. The largest absolute Gasteiger partial charge is 0.573 e. The molecule has 1 atom stereocenters. The number of benzene rings is 1. The maximum absolute atomic E-state index is 12.4. The second-order valence-corrected chi connectivity index (χ2v) is 5.94. The molecule has 1 N–H and O–H groups in total. The maximum Gasteiger partial charge on any atom is 0.573 e. The zero-order valence-corrected chi connectivity index (χ0v) is 13.9. The molecule has 25 heavy (non-hydrogen) atoms. The number of piperidine rings is 1. The highest BCUT2D eigenvalue weighted by molar-refractivity contribution is 5.82. The monoisotopic (exact) mass is 358 g/mol. The first-order valence-corrected chi connectivity index (χ1v) is 8.18. The molecule has 1 aromatic rings. The van der Waals surface area contributed by atoms with Crippen LogP contribution in [0.25, 0.3) is 0 Å². The number of hydrogen-bond donors (Lipinski definition) is 1. The van der Waals surface area contributed by atoms with E-state index in [4.69, 9.17) is 0 Å². The van der Waals surface area contributed by atoms with Gasteiger partial charge in [-0.3, -0.25) is 9.59 Å². The van der Waals surface area contributed by atoms with Gasteiger partial charge in [-0.15, -0.1) is 13.2 Å². The van der Waals surface area contributed by atoms with Crippen molar-refractivity contribution < 1.29 is 27.5 Å². The molecule has 1 saturated heterocycles. The quantitative estimate of drug-likeness (QED) is 0.880. The standard InChI is InChI=1S/C17H21F3N2O3/c1-2-21-16(24)13-4-3-9-22(11-13)15(23)10-12-5-7-14(8-6-12)25-17(18,19)20/h5-8,13H,2-4,9-11H2,1H3,(H,21,24). The fourth-order valence-electron chi connectivity index (χ4n) is 2.83. The Bertz CT molecular complexity index is 602. The molecule has 1 unspecified atom stereocenters. The summed E-state index contributed by atoms with van der Waals surface area (Å²) >= 11 is 0. The number of halogens is 3. The van der Waals surface area contributed by atoms with Crippen LogP contribution in [0.2, 0.25) is 0 Å². The fourth-order valence-corrected chi connectivity index (χ4v) is 2.83. The average Bonchev–Trinajstić information content (AvgIpc) is 2.55. The van der Waals surface area contributed by atoms with Crippen LogP contribution in [-0.4, -0.2) is 42.7 Å². The molecular weight excluding hydrogens is 337 g/mol. The molecule has 1 aliphatic rings. The molecule has 0 bridgehead atoms. The lowest BCUT2D eigenvalue weighted by molar-refractivity contribution is -0.274. The zero-order valence-electron chi connectivity index (χ0n) is 13.9. The summed E-state index contributed by atoms with van der Waals surface area (Å²) in [5, 5.41) is 2.77. The van der Waals surface area contributed by atoms with Crippen LogP contribution in [0.3, 0.4) is 0 Å². The van der Waals surface area contributed by atoms with Gasteiger partial charge >= 0.3 is 6.36 Å². The molecule has 1 fully saturated rings. The highest BCUT2D eigenvalue weighted by Crippen LogP contribution is 2.23. The van der Waals surface area contributed by atoms with Gasteiger partial charge in [0.2, 0.25) is 11.8 Å². The predicted molar refractivity (Wildman–Crippen MR) is 84.8 cm³/mol. The van der Waals surface area contributed by atoms with Crippen molar-refractivity contribution in [1.82, 2.24) is 10.2 Å². The summed E-state index contributed by atoms with van der Waals surface area (Å²) in [6, 6.07) is 5.24. The lowest BCUT2D eigenvalue weighted by atomic mass is 9.96. The average molecular weight is 358 g/mol. The van der Waals surface area contributed by atoms with Crippen LogP contribution in [-0.2, 0) is 16.0 Å². The first-order chi connectivity index (χ1) is 11.8. The zero-order chi connectivity index (χ0) is 18.4. The minimum absolute atomic E-state index is 0.0475. The van der Waals surface area contributed by atoms with Crippen LogP contribution < -0.4 is 10.1 Å². The van der Waals surface area contributed by atoms with Crippen molar-refractivity contribution in [3.63, 3.8) is 0 Å². The Balaban J connectivity index is 1.91. The number of nitrogens with zero attached hydrogens (tertiary/aromatic N) is 1. The van der Waals surface area contributed by atoms with E-state index >= 15 is 0 Å². The van der Waals surface area contributed by atoms with Crippen molar-refractivity contribution in [2.24, 2.45) is 5.92 Å². The number of likely N-dealkylation sites (tertiary alicyclic amines) is 1. The van der Waals surface area contributed by atoms with Crippen molar-refractivity contribution in [1.29, 1.82) is 0 Å². The number of nitrogens with one attached hydrogen (secondary N) is 1. The van der Waals surface area contributed by atoms with E-state index in [9.17, 15) is 22.8 Å². The molecule has 138 valence electrons. The minimum atomic E-state index is -4.74. The van der Waals surface area contributed by atoms with E-state index in [1.165, 1.54) is 24.3 Å². The van der Waals surface area contributed by atoms with Gasteiger partial charge in [0.05, 0.1) is 12.3 Å². The van der Waals surface area contributed by atoms with E-state index < -0.39 is 6.36 Å². The van der Waals surface area contributed by atoms with Gasteiger partial charge in [-0.2, -0.15) is 0 Å². The van der Waals surface area contributed by atoms with Gasteiger partial charge in [0.1, 0.15) is 5.75 Å². The normalized spacial score (nSPS) is 17.9. The molecule has 1 aromatic carbocycles. The third kappa shape index (κ3) is 5.95. The molecule has 1 heterocycles. The molecular formula is C17H21F3N2O3. The molecule has 0 aliphatic carbocycles. The number of ether oxygens (including phenoxy) is 1. The molecule has 2 rings (SSSR count). The first-order valence-electron chi connectivity index (χ1n) is 8.18. The van der Waals surface area contributed by atoms with E-state index in [2.05, 4.69) is 10.1 Å². The summed E-state index contributed by atoms with van der Waals surface area (Å²) < 4.78 is 40.2. The van der Waals surface area contributed by atoms with Crippen molar-refractivity contribution in [3.8, 4) is 5.75 Å². The Labute approximate surface area is 144 Å². The van der Waals surface area contributed by atoms with Crippen molar-refractivity contribution in [2.45, 2.75) is 32.5 Å². The van der Waals surface area contributed by atoms with Gasteiger partial charge in [0.25, 0.3) is 0 Å². The third-order valence-corrected chi connectivity index (χ3v) is 4.01. The van der Waals surface area contributed by atoms with Crippen LogP contribution in [0.1, 0.15) is 25.3 Å². The highest BCUT2D eigenvalue weighted by atomic mass is 19.4. The van der Waals surface area contributed by atoms with Gasteiger partial charge in [-0.25, -0.2) is 0 Å². The lowest BCUT2D eigenvalue weighted by Crippen LogP contribution is -2.45. The summed E-state index contributed by atoms with van der Waals surface area (Å²) in [7, 11) is 0. The van der Waals surface area contributed by atoms with E-state index in [1.807, 2.05) is 6.92 Å². The highest BCUT2D eigenvalue weighted by Gasteiger charge is 2.31. The second kappa shape index (κ2) is 8.22. The number of amides is 2. The van der Waals surface area contributed by atoms with Gasteiger partial charge in [-0.05, 0) is 37.5 Å². The van der Waals surface area contributed by atoms with E-state index in [-0.39, 0.29) is 29.9 Å². The Morgan fingerprint density at radius 1 is 1.28 bits per heavy atom. The maximum atomic E-state index is 12.4. The van der Waals surface area contributed by atoms with Gasteiger partial charge < -0.3 is 15.0 Å². The van der Waals surface area contributed by atoms with Gasteiger partial charge in [-0.1, -0.05) is 12.1 Å². The van der Waals surface area contributed by atoms with Crippen LogP contribution in [0, 0.1) is 5.92 Å². The molecule has 0 radical (unpaired) electrons. The molecule has 0 aromatic heterocycles. The topological polar surface area (TPSA) is 58.6 Å². The second-order valence-electron chi connectivity index (χ2n) is 5.94. The van der Waals surface area contributed by atoms with Gasteiger partial charge in [0.15, 0.2) is 0 Å². The first kappa shape index (κ1) is 19.1. The fraction of sp³-hybridized carbons (Fsp3) is 0.529. The van der Waals surface area contributed by atoms with E-state index in [0.717, 1.165) is 12.8 Å². The molecule has 0 saturated carbocycles. The Hall–Kier alpha value is -2.25. The van der Waals surface area contributed by atoms with E-state index in [0.29, 0.717) is 25.2 Å². The van der Waals surface area contributed by atoms with Crippen LogP contribution >= 0.6 is 0 Å². The van der Waals surface area contributed by atoms with Crippen molar-refractivity contribution in [3.05, 3.63) is 29.8 Å². The third-order valence-electron chi connectivity index (χ3n) is 4.01. The lowest BCUT2D eigenvalue weighted by Gasteiger charge is -2.32. The smallest absolute Gasteiger partial charge is 0.406 e. The Morgan fingerprint density at radius 3 is 2.56 bits per heavy atom. The van der Waals surface area contributed by atoms with Crippen LogP contribution in [0.15, 0.2) is 24.3 Å². The van der Waals surface area contributed by atoms with Gasteiger partial charge in [0, 0.05) is 19.6 Å². The summed E-state index contributed by atoms with van der Waals surface area (Å²) in [6.07, 6.45) is -3.15. The van der Waals surface area contributed by atoms with Crippen LogP contribution in [0.4, 0.5) is 13.2 Å². The minimum Gasteiger partial charge on any atom is -0.406 e. The Morgan fingerprint density at radius 2 is 1.96 bits per heavy atom. The molecule has 2 amide bonds. The van der Waals surface area contributed by atoms with Crippen LogP contribution in [0.5, 0.6) is 5.75 Å².